The second kappa shape index (κ2) is 6.78. The van der Waals surface area contributed by atoms with Crippen LogP contribution in [0.1, 0.15) is 16.5 Å². The molecule has 2 heterocycles. The third-order valence-corrected chi connectivity index (χ3v) is 6.98. The number of rotatable bonds is 3. The Morgan fingerprint density at radius 2 is 1.68 bits per heavy atom. The Morgan fingerprint density at radius 3 is 2.44 bits per heavy atom. The fourth-order valence-corrected chi connectivity index (χ4v) is 5.47. The molecule has 0 aromatic heterocycles. The molecule has 0 bridgehead atoms. The minimum atomic E-state index is -3.46. The van der Waals surface area contributed by atoms with Crippen molar-refractivity contribution in [3.05, 3.63) is 59.7 Å². The van der Waals surface area contributed by atoms with E-state index in [0.29, 0.717) is 11.4 Å². The van der Waals surface area contributed by atoms with Crippen molar-refractivity contribution in [1.82, 2.24) is 10.6 Å². The molecule has 5 nitrogen and oxygen atoms in total. The van der Waals surface area contributed by atoms with Crippen LogP contribution in [0, 0.1) is 0 Å². The number of hydrogen-bond acceptors (Lipinski definition) is 5. The lowest BCUT2D eigenvalue weighted by Crippen LogP contribution is -2.44. The lowest BCUT2D eigenvalue weighted by atomic mass is 9.98. The van der Waals surface area contributed by atoms with Crippen LogP contribution in [-0.2, 0) is 16.3 Å². The molecule has 2 N–H and O–H groups in total. The average Bonchev–Trinajstić information content (AvgIpc) is 2.68. The van der Waals surface area contributed by atoms with E-state index in [9.17, 15) is 8.42 Å². The molecule has 132 valence electrons. The highest BCUT2D eigenvalue weighted by Gasteiger charge is 2.34. The van der Waals surface area contributed by atoms with Crippen LogP contribution in [0.25, 0.3) is 0 Å². The minimum absolute atomic E-state index is 0.368. The van der Waals surface area contributed by atoms with Crippen LogP contribution < -0.4 is 15.5 Å². The highest BCUT2D eigenvalue weighted by molar-refractivity contribution is 7.91. The van der Waals surface area contributed by atoms with Crippen molar-refractivity contribution in [3.63, 3.8) is 0 Å². The van der Waals surface area contributed by atoms with E-state index in [4.69, 9.17) is 0 Å². The number of benzene rings is 2. The second-order valence-corrected chi connectivity index (χ2v) is 8.56. The predicted molar refractivity (Wildman–Crippen MR) is 99.6 cm³/mol. The first-order valence-corrected chi connectivity index (χ1v) is 10.3. The van der Waals surface area contributed by atoms with Gasteiger partial charge in [-0.25, -0.2) is 8.42 Å². The van der Waals surface area contributed by atoms with E-state index in [1.807, 2.05) is 18.2 Å². The molecular formula is C19H23N3O2S. The number of nitrogens with one attached hydrogen (secondary N) is 2. The molecule has 0 saturated carbocycles. The summed E-state index contributed by atoms with van der Waals surface area (Å²) in [6, 6.07) is 14.8. The fraction of sp³-hybridized carbons (Fsp3) is 0.368. The Labute approximate surface area is 149 Å². The van der Waals surface area contributed by atoms with E-state index in [-0.39, 0.29) is 0 Å². The normalized spacial score (nSPS) is 21.0. The van der Waals surface area contributed by atoms with Gasteiger partial charge in [-0.1, -0.05) is 30.3 Å². The van der Waals surface area contributed by atoms with E-state index in [2.05, 4.69) is 21.6 Å². The van der Waals surface area contributed by atoms with Gasteiger partial charge >= 0.3 is 0 Å². The van der Waals surface area contributed by atoms with E-state index in [1.54, 1.807) is 24.3 Å². The second-order valence-electron chi connectivity index (χ2n) is 6.52. The van der Waals surface area contributed by atoms with E-state index in [0.717, 1.165) is 38.2 Å². The molecule has 0 radical (unpaired) electrons. The monoisotopic (exact) mass is 357 g/mol. The van der Waals surface area contributed by atoms with Gasteiger partial charge in [0.15, 0.2) is 9.84 Å². The van der Waals surface area contributed by atoms with Crippen LogP contribution in [0.3, 0.4) is 0 Å². The first kappa shape index (κ1) is 16.6. The minimum Gasteiger partial charge on any atom is -0.369 e. The smallest absolute Gasteiger partial charge is 0.198 e. The summed E-state index contributed by atoms with van der Waals surface area (Å²) in [5, 5.41) is 5.92. The van der Waals surface area contributed by atoms with Gasteiger partial charge in [0.25, 0.3) is 0 Å². The van der Waals surface area contributed by atoms with Gasteiger partial charge in [0, 0.05) is 38.4 Å². The van der Waals surface area contributed by atoms with Gasteiger partial charge in [-0.2, -0.15) is 0 Å². The van der Waals surface area contributed by atoms with Crippen LogP contribution in [0.2, 0.25) is 0 Å². The van der Waals surface area contributed by atoms with Gasteiger partial charge < -0.3 is 10.2 Å². The molecule has 4 rings (SSSR count). The Bertz CT molecular complexity index is 846. The number of piperazine rings is 1. The number of anilines is 1. The van der Waals surface area contributed by atoms with Gasteiger partial charge in [-0.3, -0.25) is 5.32 Å². The van der Waals surface area contributed by atoms with Crippen LogP contribution in [-0.4, -0.2) is 41.1 Å². The predicted octanol–water partition coefficient (Wildman–Crippen LogP) is 1.71. The highest BCUT2D eigenvalue weighted by Crippen LogP contribution is 2.36. The maximum absolute atomic E-state index is 13.2. The van der Waals surface area contributed by atoms with Crippen LogP contribution in [0.4, 0.5) is 5.69 Å². The number of fused-ring (bicyclic) bond motifs is 1. The zero-order chi connectivity index (χ0) is 17.3. The molecule has 1 fully saturated rings. The summed E-state index contributed by atoms with van der Waals surface area (Å²) in [6.45, 7) is 4.52. The Kier molecular flexibility index (Phi) is 4.50. The van der Waals surface area contributed by atoms with Crippen molar-refractivity contribution < 1.29 is 8.42 Å². The van der Waals surface area contributed by atoms with Crippen molar-refractivity contribution in [2.75, 3.05) is 37.6 Å². The molecule has 2 aromatic carbocycles. The maximum Gasteiger partial charge on any atom is 0.198 e. The summed E-state index contributed by atoms with van der Waals surface area (Å²) in [4.78, 5) is 2.74. The van der Waals surface area contributed by atoms with E-state index < -0.39 is 15.2 Å². The quantitative estimate of drug-likeness (QED) is 0.876. The van der Waals surface area contributed by atoms with Gasteiger partial charge in [0.1, 0.15) is 5.37 Å². The molecule has 0 spiro atoms. The Balaban J connectivity index is 1.76. The molecule has 1 saturated heterocycles. The van der Waals surface area contributed by atoms with Crippen molar-refractivity contribution in [2.24, 2.45) is 0 Å². The molecule has 1 unspecified atom stereocenters. The highest BCUT2D eigenvalue weighted by atomic mass is 32.2. The zero-order valence-corrected chi connectivity index (χ0v) is 14.9. The summed E-state index contributed by atoms with van der Waals surface area (Å²) in [7, 11) is -3.46. The van der Waals surface area contributed by atoms with E-state index >= 15 is 0 Å². The lowest BCUT2D eigenvalue weighted by Gasteiger charge is -2.35. The summed E-state index contributed by atoms with van der Waals surface area (Å²) < 4.78 is 26.3. The van der Waals surface area contributed by atoms with Crippen molar-refractivity contribution in [1.29, 1.82) is 0 Å². The topological polar surface area (TPSA) is 61.4 Å². The summed E-state index contributed by atoms with van der Waals surface area (Å²) >= 11 is 0. The molecule has 0 aliphatic carbocycles. The average molecular weight is 357 g/mol. The third-order valence-electron chi connectivity index (χ3n) is 5.01. The molecule has 25 heavy (non-hydrogen) atoms. The Hall–Kier alpha value is -1.89. The molecule has 6 heteroatoms. The van der Waals surface area contributed by atoms with Crippen LogP contribution in [0.15, 0.2) is 53.4 Å². The summed E-state index contributed by atoms with van der Waals surface area (Å²) in [5.74, 6) is 0. The largest absolute Gasteiger partial charge is 0.369 e. The summed E-state index contributed by atoms with van der Waals surface area (Å²) in [5.41, 5.74) is 3.26. The SMILES string of the molecule is O=S(=O)(c1ccccc1)C1NCCc2c1cccc2N1CCNCC1. The zero-order valence-electron chi connectivity index (χ0n) is 14.1. The number of nitrogens with zero attached hydrogens (tertiary/aromatic N) is 1. The van der Waals surface area contributed by atoms with Gasteiger partial charge in [0.2, 0.25) is 0 Å². The Morgan fingerprint density at radius 1 is 0.920 bits per heavy atom. The van der Waals surface area contributed by atoms with Crippen LogP contribution in [0.5, 0.6) is 0 Å². The fourth-order valence-electron chi connectivity index (χ4n) is 3.77. The van der Waals surface area contributed by atoms with Crippen molar-refractivity contribution in [3.8, 4) is 0 Å². The lowest BCUT2D eigenvalue weighted by molar-refractivity contribution is 0.539. The molecule has 1 atom stereocenters. The number of hydrogen-bond donors (Lipinski definition) is 2. The van der Waals surface area contributed by atoms with Gasteiger partial charge in [-0.15, -0.1) is 0 Å². The first-order valence-electron chi connectivity index (χ1n) is 8.78. The molecule has 2 aliphatic heterocycles. The standard InChI is InChI=1S/C19H23N3O2S/c23-25(24,15-5-2-1-3-6-15)19-17-7-4-8-18(16(17)9-10-21-19)22-13-11-20-12-14-22/h1-8,19-21H,9-14H2. The van der Waals surface area contributed by atoms with Crippen LogP contribution >= 0.6 is 0 Å². The molecule has 2 aliphatic rings. The molecule has 2 aromatic rings. The third kappa shape index (κ3) is 3.05. The summed E-state index contributed by atoms with van der Waals surface area (Å²) in [6.07, 6.45) is 0.857. The van der Waals surface area contributed by atoms with E-state index in [1.165, 1.54) is 11.3 Å². The molecule has 0 amide bonds. The van der Waals surface area contributed by atoms with Gasteiger partial charge in [0.05, 0.1) is 4.90 Å². The van der Waals surface area contributed by atoms with Crippen molar-refractivity contribution in [2.45, 2.75) is 16.7 Å². The first-order chi connectivity index (χ1) is 12.2. The number of sulfone groups is 1. The maximum atomic E-state index is 13.2. The molecular weight excluding hydrogens is 334 g/mol. The van der Waals surface area contributed by atoms with Gasteiger partial charge in [-0.05, 0) is 35.7 Å². The van der Waals surface area contributed by atoms with Crippen molar-refractivity contribution >= 4 is 15.5 Å².